The van der Waals surface area contributed by atoms with Crippen LogP contribution in [-0.4, -0.2) is 93.6 Å². The predicted molar refractivity (Wildman–Crippen MR) is 158 cm³/mol. The highest BCUT2D eigenvalue weighted by Gasteiger charge is 2.51. The normalized spacial score (nSPS) is 20.6. The van der Waals surface area contributed by atoms with E-state index in [0.717, 1.165) is 21.0 Å². The molecule has 1 saturated heterocycles. The number of benzene rings is 1. The van der Waals surface area contributed by atoms with Crippen LogP contribution in [0.15, 0.2) is 48.0 Å². The van der Waals surface area contributed by atoms with Crippen LogP contribution >= 0.6 is 0 Å². The van der Waals surface area contributed by atoms with Crippen molar-refractivity contribution in [1.29, 1.82) is 0 Å². The Morgan fingerprint density at radius 3 is 2.40 bits per heavy atom. The molecule has 6 atom stereocenters. The number of nitrogens with zero attached hydrogens (tertiary/aromatic N) is 5. The van der Waals surface area contributed by atoms with Gasteiger partial charge in [-0.25, -0.2) is 24.7 Å². The molecule has 48 heavy (non-hydrogen) atoms. The lowest BCUT2D eigenvalue weighted by molar-refractivity contribution is -0.280. The fourth-order valence-electron chi connectivity index (χ4n) is 5.01. The van der Waals surface area contributed by atoms with Crippen LogP contribution in [0.3, 0.4) is 0 Å². The van der Waals surface area contributed by atoms with Gasteiger partial charge >= 0.3 is 24.3 Å². The number of alkyl halides is 3. The van der Waals surface area contributed by atoms with Gasteiger partial charge in [-0.15, -0.1) is 13.2 Å². The molecule has 1 aliphatic heterocycles. The molecule has 258 valence electrons. The summed E-state index contributed by atoms with van der Waals surface area (Å²) in [6.45, 7) is 2.31. The summed E-state index contributed by atoms with van der Waals surface area (Å²) in [6.07, 6.45) is -7.02. The number of hydrogen-bond acceptors (Lipinski definition) is 14. The highest BCUT2D eigenvalue weighted by atomic mass is 19.4. The zero-order chi connectivity index (χ0) is 35.0. The topological polar surface area (TPSA) is 208 Å². The Balaban J connectivity index is 1.57. The van der Waals surface area contributed by atoms with Crippen LogP contribution in [0.2, 0.25) is 0 Å². The first-order chi connectivity index (χ1) is 22.8. The van der Waals surface area contributed by atoms with Gasteiger partial charge in [-0.3, -0.25) is 19.0 Å². The van der Waals surface area contributed by atoms with Crippen LogP contribution in [0, 0.1) is 0 Å². The van der Waals surface area contributed by atoms with Gasteiger partial charge in [0, 0.05) is 25.5 Å². The zero-order valence-corrected chi connectivity index (χ0v) is 25.8. The van der Waals surface area contributed by atoms with Crippen LogP contribution in [0.1, 0.15) is 49.7 Å². The molecule has 2 aromatic heterocycles. The minimum atomic E-state index is -4.99. The third-order valence-electron chi connectivity index (χ3n) is 7.04. The molecule has 1 unspecified atom stereocenters. The molecule has 0 radical (unpaired) electrons. The third kappa shape index (κ3) is 9.22. The maximum absolute atomic E-state index is 12.8. The highest BCUT2D eigenvalue weighted by Crippen LogP contribution is 2.38. The van der Waals surface area contributed by atoms with E-state index in [1.165, 1.54) is 17.2 Å². The lowest BCUT2D eigenvalue weighted by Crippen LogP contribution is -2.41. The van der Waals surface area contributed by atoms with Crippen molar-refractivity contribution >= 4 is 47.2 Å². The lowest BCUT2D eigenvalue weighted by atomic mass is 9.98. The number of rotatable bonds is 13. The summed E-state index contributed by atoms with van der Waals surface area (Å²) < 4.78 is 64.0. The summed E-state index contributed by atoms with van der Waals surface area (Å²) in [5.74, 6) is -2.70. The number of methoxy groups -OCH3 is 1. The molecule has 1 amide bonds. The first-order valence-corrected chi connectivity index (χ1v) is 14.4. The number of carbonyl (C=O) groups is 4. The molecule has 19 heteroatoms. The van der Waals surface area contributed by atoms with Gasteiger partial charge in [-0.1, -0.05) is 18.2 Å². The molecule has 4 rings (SSSR count). The second-order valence-electron chi connectivity index (χ2n) is 10.5. The van der Waals surface area contributed by atoms with Crippen molar-refractivity contribution in [2.24, 2.45) is 10.7 Å². The van der Waals surface area contributed by atoms with E-state index < -0.39 is 66.8 Å². The average molecular weight is 680 g/mol. The molecule has 0 aliphatic carbocycles. The van der Waals surface area contributed by atoms with Gasteiger partial charge in [0.05, 0.1) is 13.4 Å². The minimum Gasteiger partial charge on any atom is -0.467 e. The summed E-state index contributed by atoms with van der Waals surface area (Å²) in [5, 5.41) is 2.69. The molecule has 3 heterocycles. The average Bonchev–Trinajstić information content (AvgIpc) is 3.59. The van der Waals surface area contributed by atoms with E-state index in [4.69, 9.17) is 19.9 Å². The molecule has 0 spiro atoms. The van der Waals surface area contributed by atoms with E-state index in [2.05, 4.69) is 34.7 Å². The number of anilines is 1. The predicted octanol–water partition coefficient (Wildman–Crippen LogP) is 2.44. The number of aliphatic imine (C=N–C) groups is 1. The Morgan fingerprint density at radius 2 is 1.75 bits per heavy atom. The van der Waals surface area contributed by atoms with Gasteiger partial charge in [0.25, 0.3) is 5.91 Å². The van der Waals surface area contributed by atoms with Crippen LogP contribution in [0.5, 0.6) is 0 Å². The van der Waals surface area contributed by atoms with Gasteiger partial charge in [-0.2, -0.15) is 0 Å². The minimum absolute atomic E-state index is 0.0249. The number of carbonyl (C=O) groups excluding carboxylic acids is 4. The van der Waals surface area contributed by atoms with Crippen LogP contribution in [0.4, 0.5) is 19.0 Å². The summed E-state index contributed by atoms with van der Waals surface area (Å²) in [6, 6.07) is 6.27. The molecule has 3 aromatic rings. The van der Waals surface area contributed by atoms with Crippen molar-refractivity contribution < 1.29 is 56.0 Å². The molecular weight excluding hydrogens is 647 g/mol. The summed E-state index contributed by atoms with van der Waals surface area (Å²) >= 11 is 0. The number of nitrogens with one attached hydrogen (secondary N) is 1. The van der Waals surface area contributed by atoms with E-state index in [0.29, 0.717) is 5.56 Å². The van der Waals surface area contributed by atoms with Crippen molar-refractivity contribution in [3.63, 3.8) is 0 Å². The molecule has 1 aliphatic rings. The number of hydrogen-bond donors (Lipinski definition) is 2. The van der Waals surface area contributed by atoms with Crippen molar-refractivity contribution in [3.8, 4) is 0 Å². The number of ether oxygens (including phenoxy) is 5. The number of esters is 3. The molecule has 0 saturated carbocycles. The quantitative estimate of drug-likeness (QED) is 0.115. The molecule has 0 bridgehead atoms. The first kappa shape index (κ1) is 35.7. The number of fused-ring (bicyclic) bond motifs is 1. The number of halogens is 3. The number of imidazole rings is 1. The summed E-state index contributed by atoms with van der Waals surface area (Å²) in [7, 11) is 1.05. The van der Waals surface area contributed by atoms with Gasteiger partial charge in [0.15, 0.2) is 47.9 Å². The Bertz CT molecular complexity index is 1640. The fraction of sp³-hybridized carbons (Fsp3) is 0.448. The van der Waals surface area contributed by atoms with Crippen molar-refractivity contribution in [1.82, 2.24) is 19.5 Å². The van der Waals surface area contributed by atoms with E-state index in [9.17, 15) is 32.3 Å². The van der Waals surface area contributed by atoms with E-state index in [-0.39, 0.29) is 42.6 Å². The van der Waals surface area contributed by atoms with Gasteiger partial charge < -0.3 is 34.7 Å². The van der Waals surface area contributed by atoms with Crippen LogP contribution in [-0.2, 0) is 38.1 Å². The van der Waals surface area contributed by atoms with E-state index >= 15 is 0 Å². The highest BCUT2D eigenvalue weighted by molar-refractivity contribution is 6.06. The maximum atomic E-state index is 12.8. The Labute approximate surface area is 270 Å². The first-order valence-electron chi connectivity index (χ1n) is 14.4. The maximum Gasteiger partial charge on any atom is 0.573 e. The van der Waals surface area contributed by atoms with Crippen molar-refractivity contribution in [3.05, 3.63) is 48.5 Å². The molecule has 16 nitrogen and oxygen atoms in total. The smallest absolute Gasteiger partial charge is 0.467 e. The SMILES string of the molecule is COC(=O)[C@H](CC[C@H](N)C[C@H]1O[C@@H](n2cnc3c(NC(=O)c4ccccc4)ncnc32)[C@@H](OC(C)=O)C1OC(C)=O)N=COC(F)(F)F. The second kappa shape index (κ2) is 15.6. The lowest BCUT2D eigenvalue weighted by Gasteiger charge is -2.25. The van der Waals surface area contributed by atoms with Crippen molar-refractivity contribution in [2.75, 3.05) is 12.4 Å². The summed E-state index contributed by atoms with van der Waals surface area (Å²) in [4.78, 5) is 65.5. The van der Waals surface area contributed by atoms with Crippen LogP contribution < -0.4 is 11.1 Å². The monoisotopic (exact) mass is 679 g/mol. The van der Waals surface area contributed by atoms with E-state index in [1.807, 2.05) is 0 Å². The third-order valence-corrected chi connectivity index (χ3v) is 7.04. The zero-order valence-electron chi connectivity index (χ0n) is 25.8. The number of amides is 1. The number of aromatic nitrogens is 4. The largest absolute Gasteiger partial charge is 0.573 e. The standard InChI is InChI=1S/C29H32F3N7O9/c1-15(40)46-22-20(11-18(33)9-10-19(28(43)44-3)37-14-45-29(30,31)32)48-27(23(22)47-16(2)41)39-13-36-21-24(34-12-35-25(21)39)38-26(42)17-7-5-4-6-8-17/h4-8,12-14,18-20,22-23,27H,9-11,33H2,1-3H3,(H,34,35,38,42)/t18-,19-,20+,22?,23-,27+/m0/s1. The Morgan fingerprint density at radius 1 is 1.06 bits per heavy atom. The van der Waals surface area contributed by atoms with Gasteiger partial charge in [-0.05, 0) is 31.4 Å². The van der Waals surface area contributed by atoms with E-state index in [1.54, 1.807) is 30.3 Å². The van der Waals surface area contributed by atoms with Gasteiger partial charge in [0.1, 0.15) is 12.4 Å². The van der Waals surface area contributed by atoms with Crippen molar-refractivity contribution in [2.45, 2.75) is 76.1 Å². The molecule has 3 N–H and O–H groups in total. The fourth-order valence-corrected chi connectivity index (χ4v) is 5.01. The summed E-state index contributed by atoms with van der Waals surface area (Å²) in [5.41, 5.74) is 7.06. The number of nitrogens with two attached hydrogens (primary N) is 1. The molecule has 1 aromatic carbocycles. The van der Waals surface area contributed by atoms with Crippen LogP contribution in [0.25, 0.3) is 11.2 Å². The molecule has 1 fully saturated rings. The second-order valence-corrected chi connectivity index (χ2v) is 10.5. The Hall–Kier alpha value is -5.17. The molecular formula is C29H32F3N7O9. The van der Waals surface area contributed by atoms with Gasteiger partial charge in [0.2, 0.25) is 0 Å². The Kier molecular flexibility index (Phi) is 11.6.